The summed E-state index contributed by atoms with van der Waals surface area (Å²) < 4.78 is 1.00. The number of nitrogens with zero attached hydrogens (tertiary/aromatic N) is 2. The molecular formula is C23H18BrN3OS. The van der Waals surface area contributed by atoms with Crippen molar-refractivity contribution in [2.75, 3.05) is 0 Å². The molecule has 0 saturated carbocycles. The van der Waals surface area contributed by atoms with Gasteiger partial charge in [-0.1, -0.05) is 58.4 Å². The molecule has 1 unspecified atom stereocenters. The summed E-state index contributed by atoms with van der Waals surface area (Å²) in [6, 6.07) is 21.6. The van der Waals surface area contributed by atoms with Gasteiger partial charge in [0.05, 0.1) is 18.2 Å². The van der Waals surface area contributed by atoms with Crippen LogP contribution in [0.1, 0.15) is 22.9 Å². The number of benzene rings is 2. The Morgan fingerprint density at radius 2 is 1.76 bits per heavy atom. The number of thiazole rings is 1. The summed E-state index contributed by atoms with van der Waals surface area (Å²) in [5.41, 5.74) is 3.79. The van der Waals surface area contributed by atoms with Crippen molar-refractivity contribution in [3.05, 3.63) is 106 Å². The van der Waals surface area contributed by atoms with Crippen LogP contribution < -0.4 is 5.32 Å². The number of carbonyl (C=O) groups is 1. The predicted molar refractivity (Wildman–Crippen MR) is 120 cm³/mol. The molecule has 1 N–H and O–H groups in total. The number of rotatable bonds is 6. The van der Waals surface area contributed by atoms with Gasteiger partial charge in [-0.25, -0.2) is 4.98 Å². The fourth-order valence-corrected chi connectivity index (χ4v) is 4.12. The van der Waals surface area contributed by atoms with Gasteiger partial charge in [-0.2, -0.15) is 0 Å². The van der Waals surface area contributed by atoms with E-state index in [1.807, 2.05) is 72.1 Å². The molecule has 144 valence electrons. The van der Waals surface area contributed by atoms with Crippen LogP contribution in [0.4, 0.5) is 0 Å². The van der Waals surface area contributed by atoms with Crippen LogP contribution in [0.2, 0.25) is 0 Å². The second-order valence-corrected chi connectivity index (χ2v) is 8.30. The van der Waals surface area contributed by atoms with Gasteiger partial charge in [0, 0.05) is 27.8 Å². The third-order valence-electron chi connectivity index (χ3n) is 4.44. The number of hydrogen-bond acceptors (Lipinski definition) is 4. The summed E-state index contributed by atoms with van der Waals surface area (Å²) in [5, 5.41) is 5.96. The van der Waals surface area contributed by atoms with Crippen molar-refractivity contribution in [3.8, 4) is 10.6 Å². The average Bonchev–Trinajstić information content (AvgIpc) is 3.22. The van der Waals surface area contributed by atoms with Crippen LogP contribution in [0.5, 0.6) is 0 Å². The van der Waals surface area contributed by atoms with Crippen molar-refractivity contribution in [2.24, 2.45) is 0 Å². The van der Waals surface area contributed by atoms with Gasteiger partial charge in [0.15, 0.2) is 0 Å². The summed E-state index contributed by atoms with van der Waals surface area (Å²) >= 11 is 4.99. The first-order valence-electron chi connectivity index (χ1n) is 9.13. The number of aromatic nitrogens is 2. The van der Waals surface area contributed by atoms with Gasteiger partial charge in [0.25, 0.3) is 0 Å². The maximum atomic E-state index is 12.8. The van der Waals surface area contributed by atoms with E-state index in [0.29, 0.717) is 0 Å². The normalized spacial score (nSPS) is 11.8. The molecule has 0 bridgehead atoms. The van der Waals surface area contributed by atoms with Crippen LogP contribution in [0.3, 0.4) is 0 Å². The molecule has 2 heterocycles. The number of amides is 1. The highest BCUT2D eigenvalue weighted by atomic mass is 79.9. The lowest BCUT2D eigenvalue weighted by molar-refractivity contribution is -0.121. The highest BCUT2D eigenvalue weighted by Crippen LogP contribution is 2.25. The minimum absolute atomic E-state index is 0.0650. The molecule has 1 atom stereocenters. The highest BCUT2D eigenvalue weighted by Gasteiger charge is 2.18. The fourth-order valence-electron chi connectivity index (χ4n) is 3.05. The Balaban J connectivity index is 1.51. The summed E-state index contributed by atoms with van der Waals surface area (Å²) in [4.78, 5) is 21.5. The van der Waals surface area contributed by atoms with Gasteiger partial charge in [0.1, 0.15) is 5.01 Å². The SMILES string of the molecule is O=C(Cc1csc(-c2cccnc2)n1)NC(c1ccccc1)c1ccc(Br)cc1. The first-order chi connectivity index (χ1) is 14.2. The van der Waals surface area contributed by atoms with Crippen LogP contribution >= 0.6 is 27.3 Å². The van der Waals surface area contributed by atoms with Crippen LogP contribution in [0.25, 0.3) is 10.6 Å². The zero-order valence-electron chi connectivity index (χ0n) is 15.5. The van der Waals surface area contributed by atoms with Crippen LogP contribution in [-0.2, 0) is 11.2 Å². The molecule has 0 aliphatic rings. The molecule has 0 radical (unpaired) electrons. The van der Waals surface area contributed by atoms with Crippen molar-refractivity contribution in [1.29, 1.82) is 0 Å². The number of pyridine rings is 1. The molecule has 0 saturated heterocycles. The van der Waals surface area contributed by atoms with Crippen molar-refractivity contribution in [1.82, 2.24) is 15.3 Å². The zero-order valence-corrected chi connectivity index (χ0v) is 17.9. The predicted octanol–water partition coefficient (Wildman–Crippen LogP) is 5.42. The van der Waals surface area contributed by atoms with Crippen LogP contribution in [-0.4, -0.2) is 15.9 Å². The Morgan fingerprint density at radius 1 is 1.00 bits per heavy atom. The van der Waals surface area contributed by atoms with E-state index in [0.717, 1.165) is 31.9 Å². The Kier molecular flexibility index (Phi) is 6.12. The largest absolute Gasteiger partial charge is 0.345 e. The summed E-state index contributed by atoms with van der Waals surface area (Å²) in [7, 11) is 0. The maximum absolute atomic E-state index is 12.8. The number of nitrogens with one attached hydrogen (secondary N) is 1. The van der Waals surface area contributed by atoms with Gasteiger partial charge in [-0.15, -0.1) is 11.3 Å². The third kappa shape index (κ3) is 4.96. The summed E-state index contributed by atoms with van der Waals surface area (Å²) in [6.45, 7) is 0. The quantitative estimate of drug-likeness (QED) is 0.415. The first kappa shape index (κ1) is 19.5. The lowest BCUT2D eigenvalue weighted by Gasteiger charge is -2.20. The Bertz CT molecular complexity index is 1080. The molecule has 0 spiro atoms. The van der Waals surface area contributed by atoms with Gasteiger partial charge in [-0.05, 0) is 35.4 Å². The van der Waals surface area contributed by atoms with Gasteiger partial charge in [-0.3, -0.25) is 9.78 Å². The summed E-state index contributed by atoms with van der Waals surface area (Å²) in [6.07, 6.45) is 3.75. The first-order valence-corrected chi connectivity index (χ1v) is 10.8. The molecule has 0 aliphatic carbocycles. The molecule has 2 aromatic carbocycles. The van der Waals surface area contributed by atoms with E-state index in [-0.39, 0.29) is 18.4 Å². The molecule has 0 aliphatic heterocycles. The van der Waals surface area contributed by atoms with E-state index >= 15 is 0 Å². The zero-order chi connectivity index (χ0) is 20.1. The monoisotopic (exact) mass is 463 g/mol. The second kappa shape index (κ2) is 9.11. The molecule has 1 amide bonds. The molecular weight excluding hydrogens is 446 g/mol. The highest BCUT2D eigenvalue weighted by molar-refractivity contribution is 9.10. The van der Waals surface area contributed by atoms with Crippen LogP contribution in [0.15, 0.2) is 89.0 Å². The molecule has 0 fully saturated rings. The minimum atomic E-state index is -0.215. The molecule has 4 aromatic rings. The Hall–Kier alpha value is -2.83. The minimum Gasteiger partial charge on any atom is -0.345 e. The van der Waals surface area contributed by atoms with Gasteiger partial charge < -0.3 is 5.32 Å². The third-order valence-corrected chi connectivity index (χ3v) is 5.91. The molecule has 4 nitrogen and oxygen atoms in total. The van der Waals surface area contributed by atoms with E-state index in [1.165, 1.54) is 11.3 Å². The smallest absolute Gasteiger partial charge is 0.226 e. The van der Waals surface area contributed by atoms with Crippen molar-refractivity contribution in [2.45, 2.75) is 12.5 Å². The lowest BCUT2D eigenvalue weighted by atomic mass is 9.98. The van der Waals surface area contributed by atoms with E-state index in [4.69, 9.17) is 0 Å². The topological polar surface area (TPSA) is 54.9 Å². The van der Waals surface area contributed by atoms with E-state index in [9.17, 15) is 4.79 Å². The average molecular weight is 464 g/mol. The second-order valence-electron chi connectivity index (χ2n) is 6.53. The van der Waals surface area contributed by atoms with Crippen molar-refractivity contribution < 1.29 is 4.79 Å². The molecule has 2 aromatic heterocycles. The maximum Gasteiger partial charge on any atom is 0.226 e. The van der Waals surface area contributed by atoms with Crippen molar-refractivity contribution in [3.63, 3.8) is 0 Å². The van der Waals surface area contributed by atoms with E-state index < -0.39 is 0 Å². The molecule has 29 heavy (non-hydrogen) atoms. The van der Waals surface area contributed by atoms with Gasteiger partial charge in [0.2, 0.25) is 5.91 Å². The Labute approximate surface area is 181 Å². The van der Waals surface area contributed by atoms with E-state index in [1.54, 1.807) is 12.4 Å². The standard InChI is InChI=1S/C23H18BrN3OS/c24-19-10-8-17(9-11-19)22(16-5-2-1-3-6-16)27-21(28)13-20-15-29-23(26-20)18-7-4-12-25-14-18/h1-12,14-15,22H,13H2,(H,27,28). The number of halogens is 1. The van der Waals surface area contributed by atoms with Crippen molar-refractivity contribution >= 4 is 33.2 Å². The number of hydrogen-bond donors (Lipinski definition) is 1. The Morgan fingerprint density at radius 3 is 2.48 bits per heavy atom. The lowest BCUT2D eigenvalue weighted by Crippen LogP contribution is -2.30. The molecule has 6 heteroatoms. The van der Waals surface area contributed by atoms with Crippen LogP contribution in [0, 0.1) is 0 Å². The molecule has 4 rings (SSSR count). The summed E-state index contributed by atoms with van der Waals surface area (Å²) in [5.74, 6) is -0.0650. The van der Waals surface area contributed by atoms with Gasteiger partial charge >= 0.3 is 0 Å². The van der Waals surface area contributed by atoms with E-state index in [2.05, 4.69) is 31.2 Å². The fraction of sp³-hybridized carbons (Fsp3) is 0.0870. The number of carbonyl (C=O) groups excluding carboxylic acids is 1.